The van der Waals surface area contributed by atoms with Crippen molar-refractivity contribution in [3.05, 3.63) is 59.8 Å². The van der Waals surface area contributed by atoms with Crippen LogP contribution in [0, 0.1) is 6.92 Å². The van der Waals surface area contributed by atoms with Crippen LogP contribution >= 0.6 is 0 Å². The van der Waals surface area contributed by atoms with Crippen molar-refractivity contribution in [2.45, 2.75) is 19.4 Å². The number of rotatable bonds is 5. The molecular weight excluding hydrogens is 302 g/mol. The maximum atomic E-state index is 12.5. The quantitative estimate of drug-likeness (QED) is 0.675. The first-order valence-corrected chi connectivity index (χ1v) is 7.84. The van der Waals surface area contributed by atoms with Gasteiger partial charge in [0.05, 0.1) is 18.8 Å². The molecule has 1 heterocycles. The Bertz CT molecular complexity index is 870. The number of aromatic amines is 1. The Balaban J connectivity index is 1.74. The van der Waals surface area contributed by atoms with Crippen LogP contribution in [0.2, 0.25) is 0 Å². The second-order valence-electron chi connectivity index (χ2n) is 5.86. The number of carbonyl (C=O) groups excluding carboxylic acids is 1. The van der Waals surface area contributed by atoms with Crippen LogP contribution in [0.4, 0.5) is 5.69 Å². The van der Waals surface area contributed by atoms with Crippen LogP contribution in [0.3, 0.4) is 0 Å². The second-order valence-corrected chi connectivity index (χ2v) is 5.86. The molecule has 0 radical (unpaired) electrons. The van der Waals surface area contributed by atoms with Gasteiger partial charge in [-0.1, -0.05) is 24.3 Å². The van der Waals surface area contributed by atoms with Crippen molar-refractivity contribution in [3.8, 4) is 5.75 Å². The number of aromatic nitrogens is 1. The summed E-state index contributed by atoms with van der Waals surface area (Å²) < 4.78 is 5.28. The number of nitrogens with two attached hydrogens (primary N) is 1. The Hall–Kier alpha value is -2.79. The van der Waals surface area contributed by atoms with Gasteiger partial charge in [0.1, 0.15) is 5.75 Å². The van der Waals surface area contributed by atoms with Crippen molar-refractivity contribution < 1.29 is 9.53 Å². The highest BCUT2D eigenvalue weighted by atomic mass is 16.5. The van der Waals surface area contributed by atoms with E-state index in [2.05, 4.69) is 10.3 Å². The third-order valence-corrected chi connectivity index (χ3v) is 4.06. The highest BCUT2D eigenvalue weighted by molar-refractivity contribution is 5.96. The Labute approximate surface area is 140 Å². The fourth-order valence-corrected chi connectivity index (χ4v) is 2.78. The van der Waals surface area contributed by atoms with Gasteiger partial charge in [-0.25, -0.2) is 0 Å². The lowest BCUT2D eigenvalue weighted by Crippen LogP contribution is -2.37. The summed E-state index contributed by atoms with van der Waals surface area (Å²) >= 11 is 0. The first-order valence-electron chi connectivity index (χ1n) is 7.84. The summed E-state index contributed by atoms with van der Waals surface area (Å²) in [5.74, 6) is 0.387. The summed E-state index contributed by atoms with van der Waals surface area (Å²) in [7, 11) is 1.58. The second kappa shape index (κ2) is 6.76. The number of anilines is 1. The van der Waals surface area contributed by atoms with Crippen LogP contribution in [0.1, 0.15) is 11.1 Å². The Morgan fingerprint density at radius 3 is 2.88 bits per heavy atom. The van der Waals surface area contributed by atoms with Gasteiger partial charge in [0, 0.05) is 17.1 Å². The summed E-state index contributed by atoms with van der Waals surface area (Å²) in [5.41, 5.74) is 9.86. The number of methoxy groups -OCH3 is 1. The number of H-pyrrole nitrogens is 1. The van der Waals surface area contributed by atoms with Crippen LogP contribution in [0.25, 0.3) is 10.9 Å². The standard InChI is InChI=1S/C19H21N3O2/c1-12-7-8-18(24-2)17(9-12)22-19(23)15(20)10-13-11-21-16-6-4-3-5-14(13)16/h3-9,11,15,21H,10,20H2,1-2H3,(H,22,23)/t15-/m0/s1. The minimum absolute atomic E-state index is 0.232. The number of carbonyl (C=O) groups is 1. The number of fused-ring (bicyclic) bond motifs is 1. The third-order valence-electron chi connectivity index (χ3n) is 4.06. The topological polar surface area (TPSA) is 80.1 Å². The zero-order valence-electron chi connectivity index (χ0n) is 13.8. The number of benzene rings is 2. The molecule has 0 aliphatic carbocycles. The third kappa shape index (κ3) is 3.26. The number of aryl methyl sites for hydroxylation is 1. The molecule has 1 atom stereocenters. The predicted octanol–water partition coefficient (Wildman–Crippen LogP) is 2.99. The summed E-state index contributed by atoms with van der Waals surface area (Å²) in [5, 5.41) is 3.95. The van der Waals surface area contributed by atoms with E-state index in [9.17, 15) is 4.79 Å². The first-order chi connectivity index (χ1) is 11.6. The molecule has 0 aliphatic heterocycles. The van der Waals surface area contributed by atoms with Gasteiger partial charge in [-0.2, -0.15) is 0 Å². The maximum absolute atomic E-state index is 12.5. The van der Waals surface area contributed by atoms with Crippen LogP contribution < -0.4 is 15.8 Å². The molecule has 0 unspecified atom stereocenters. The summed E-state index contributed by atoms with van der Waals surface area (Å²) in [4.78, 5) is 15.7. The van der Waals surface area contributed by atoms with E-state index >= 15 is 0 Å². The lowest BCUT2D eigenvalue weighted by Gasteiger charge is -2.15. The van der Waals surface area contributed by atoms with Crippen LogP contribution in [0.5, 0.6) is 5.75 Å². The van der Waals surface area contributed by atoms with E-state index in [4.69, 9.17) is 10.5 Å². The monoisotopic (exact) mass is 323 g/mol. The molecule has 124 valence electrons. The molecule has 0 aliphatic rings. The van der Waals surface area contributed by atoms with Crippen molar-refractivity contribution in [2.75, 3.05) is 12.4 Å². The average molecular weight is 323 g/mol. The zero-order valence-corrected chi connectivity index (χ0v) is 13.8. The summed E-state index contributed by atoms with van der Waals surface area (Å²) in [6.45, 7) is 1.96. The van der Waals surface area contributed by atoms with E-state index < -0.39 is 6.04 Å². The lowest BCUT2D eigenvalue weighted by molar-refractivity contribution is -0.117. The van der Waals surface area contributed by atoms with Crippen molar-refractivity contribution >= 4 is 22.5 Å². The number of ether oxygens (including phenoxy) is 1. The molecule has 24 heavy (non-hydrogen) atoms. The molecule has 3 aromatic rings. The van der Waals surface area contributed by atoms with Gasteiger partial charge >= 0.3 is 0 Å². The van der Waals surface area contributed by atoms with Gasteiger partial charge in [0.15, 0.2) is 0 Å². The summed E-state index contributed by atoms with van der Waals surface area (Å²) in [6.07, 6.45) is 2.37. The predicted molar refractivity (Wildman–Crippen MR) is 96.3 cm³/mol. The van der Waals surface area contributed by atoms with Crippen LogP contribution in [0.15, 0.2) is 48.7 Å². The van der Waals surface area contributed by atoms with Crippen LogP contribution in [-0.2, 0) is 11.2 Å². The Morgan fingerprint density at radius 2 is 2.08 bits per heavy atom. The van der Waals surface area contributed by atoms with E-state index in [1.807, 2.05) is 55.6 Å². The van der Waals surface area contributed by atoms with E-state index in [1.165, 1.54) is 0 Å². The number of para-hydroxylation sites is 1. The van der Waals surface area contributed by atoms with E-state index in [-0.39, 0.29) is 5.91 Å². The van der Waals surface area contributed by atoms with E-state index in [1.54, 1.807) is 7.11 Å². The van der Waals surface area contributed by atoms with Crippen molar-refractivity contribution in [2.24, 2.45) is 5.73 Å². The molecule has 5 heteroatoms. The summed E-state index contributed by atoms with van der Waals surface area (Å²) in [6, 6.07) is 13.0. The zero-order chi connectivity index (χ0) is 17.1. The molecule has 0 fully saturated rings. The van der Waals surface area contributed by atoms with Crippen molar-refractivity contribution in [3.63, 3.8) is 0 Å². The molecule has 1 aromatic heterocycles. The van der Waals surface area contributed by atoms with Crippen molar-refractivity contribution in [1.29, 1.82) is 0 Å². The fourth-order valence-electron chi connectivity index (χ4n) is 2.78. The molecule has 5 nitrogen and oxygen atoms in total. The minimum atomic E-state index is -0.644. The molecule has 2 aromatic carbocycles. The van der Waals surface area contributed by atoms with Gasteiger partial charge < -0.3 is 20.8 Å². The van der Waals surface area contributed by atoms with Gasteiger partial charge in [-0.15, -0.1) is 0 Å². The van der Waals surface area contributed by atoms with Gasteiger partial charge in [0.2, 0.25) is 5.91 Å². The molecular formula is C19H21N3O2. The molecule has 0 bridgehead atoms. The van der Waals surface area contributed by atoms with Gasteiger partial charge in [0.25, 0.3) is 0 Å². The Morgan fingerprint density at radius 1 is 1.29 bits per heavy atom. The largest absolute Gasteiger partial charge is 0.495 e. The highest BCUT2D eigenvalue weighted by Crippen LogP contribution is 2.25. The normalized spacial score (nSPS) is 12.1. The number of amides is 1. The van der Waals surface area contributed by atoms with E-state index in [0.29, 0.717) is 17.9 Å². The lowest BCUT2D eigenvalue weighted by atomic mass is 10.0. The number of hydrogen-bond acceptors (Lipinski definition) is 3. The average Bonchev–Trinajstić information content (AvgIpc) is 2.98. The molecule has 0 saturated heterocycles. The maximum Gasteiger partial charge on any atom is 0.241 e. The van der Waals surface area contributed by atoms with E-state index in [0.717, 1.165) is 22.0 Å². The van der Waals surface area contributed by atoms with Gasteiger partial charge in [-0.3, -0.25) is 4.79 Å². The first kappa shape index (κ1) is 16.1. The molecule has 3 rings (SSSR count). The minimum Gasteiger partial charge on any atom is -0.495 e. The molecule has 1 amide bonds. The number of hydrogen-bond donors (Lipinski definition) is 3. The SMILES string of the molecule is COc1ccc(C)cc1NC(=O)[C@@H](N)Cc1c[nH]c2ccccc12. The Kier molecular flexibility index (Phi) is 4.53. The smallest absolute Gasteiger partial charge is 0.241 e. The highest BCUT2D eigenvalue weighted by Gasteiger charge is 2.17. The molecule has 0 saturated carbocycles. The van der Waals surface area contributed by atoms with Crippen LogP contribution in [-0.4, -0.2) is 24.0 Å². The fraction of sp³-hybridized carbons (Fsp3) is 0.211. The number of nitrogens with one attached hydrogen (secondary N) is 2. The van der Waals surface area contributed by atoms with Gasteiger partial charge in [-0.05, 0) is 42.7 Å². The molecule has 0 spiro atoms. The molecule has 4 N–H and O–H groups in total. The van der Waals surface area contributed by atoms with Crippen molar-refractivity contribution in [1.82, 2.24) is 4.98 Å².